The monoisotopic (exact) mass is 130 g/mol. The van der Waals surface area contributed by atoms with Crippen molar-refractivity contribution >= 4 is 6.09 Å². The number of nitrogens with zero attached hydrogens (tertiary/aromatic N) is 1. The van der Waals surface area contributed by atoms with Crippen LogP contribution in [0.2, 0.25) is 0 Å². The van der Waals surface area contributed by atoms with E-state index in [4.69, 9.17) is 0 Å². The quantitative estimate of drug-likeness (QED) is 0.486. The van der Waals surface area contributed by atoms with Crippen LogP contribution in [0.3, 0.4) is 0 Å². The van der Waals surface area contributed by atoms with E-state index in [1.807, 2.05) is 20.8 Å². The van der Waals surface area contributed by atoms with Crippen LogP contribution in [0.15, 0.2) is 0 Å². The van der Waals surface area contributed by atoms with E-state index in [1.165, 1.54) is 7.05 Å². The first kappa shape index (κ1) is 8.27. The third-order valence-corrected chi connectivity index (χ3v) is 1.28. The second kappa shape index (κ2) is 2.25. The highest BCUT2D eigenvalue weighted by molar-refractivity contribution is 5.64. The van der Waals surface area contributed by atoms with E-state index in [1.54, 1.807) is 0 Å². The Bertz CT molecular complexity index is 115. The van der Waals surface area contributed by atoms with E-state index in [9.17, 15) is 9.90 Å². The number of hydrogen-bond acceptors (Lipinski definition) is 1. The molecule has 0 aromatic rings. The van der Waals surface area contributed by atoms with Crippen LogP contribution in [0.25, 0.3) is 0 Å². The maximum Gasteiger partial charge on any atom is 0.453 e. The minimum atomic E-state index is -1.14. The third-order valence-electron chi connectivity index (χ3n) is 1.28. The van der Waals surface area contributed by atoms with Crippen molar-refractivity contribution in [2.75, 3.05) is 7.05 Å². The summed E-state index contributed by atoms with van der Waals surface area (Å²) < 4.78 is 0. The summed E-state index contributed by atoms with van der Waals surface area (Å²) in [4.78, 5) is 11.3. The van der Waals surface area contributed by atoms with E-state index in [2.05, 4.69) is 0 Å². The average molecular weight is 130 g/mol. The number of hydrogen-bond donors (Lipinski definition) is 0. The van der Waals surface area contributed by atoms with Crippen molar-refractivity contribution in [3.8, 4) is 0 Å². The predicted octanol–water partition coefficient (Wildman–Crippen LogP) is 1.27. The Hall–Kier alpha value is -0.730. The molecule has 0 saturated heterocycles. The topological polar surface area (TPSA) is 40.2 Å². The predicted molar refractivity (Wildman–Crippen MR) is 33.6 cm³/mol. The fourth-order valence-electron chi connectivity index (χ4n) is 0.274. The third kappa shape index (κ3) is 2.35. The Morgan fingerprint density at radius 1 is 1.33 bits per heavy atom. The van der Waals surface area contributed by atoms with Crippen LogP contribution in [0.5, 0.6) is 0 Å². The number of amides is 1. The van der Waals surface area contributed by atoms with Gasteiger partial charge in [-0.25, -0.2) is 9.90 Å². The lowest BCUT2D eigenvalue weighted by Crippen LogP contribution is -2.41. The first-order chi connectivity index (χ1) is 3.85. The van der Waals surface area contributed by atoms with Crippen molar-refractivity contribution in [2.24, 2.45) is 0 Å². The van der Waals surface area contributed by atoms with Crippen LogP contribution in [0.1, 0.15) is 20.8 Å². The summed E-state index contributed by atoms with van der Waals surface area (Å²) in [5.41, 5.74) is -0.348. The molecular weight excluding hydrogens is 118 g/mol. The van der Waals surface area contributed by atoms with Gasteiger partial charge in [-0.3, -0.25) is 0 Å². The largest absolute Gasteiger partial charge is 0.453 e. The molecule has 0 aliphatic heterocycles. The second-order valence-electron chi connectivity index (χ2n) is 3.00. The molecule has 0 fully saturated rings. The first-order valence-corrected chi connectivity index (χ1v) is 2.80. The van der Waals surface area contributed by atoms with E-state index in [-0.39, 0.29) is 5.54 Å². The summed E-state index contributed by atoms with van der Waals surface area (Å²) in [5, 5.41) is 10.2. The van der Waals surface area contributed by atoms with Crippen LogP contribution in [0.4, 0.5) is 4.79 Å². The highest BCUT2D eigenvalue weighted by atomic mass is 16.4. The van der Waals surface area contributed by atoms with Gasteiger partial charge in [0.25, 0.3) is 0 Å². The van der Waals surface area contributed by atoms with Crippen molar-refractivity contribution in [3.63, 3.8) is 0 Å². The van der Waals surface area contributed by atoms with Crippen LogP contribution >= 0.6 is 0 Å². The lowest BCUT2D eigenvalue weighted by molar-refractivity contribution is 0.0952. The fourth-order valence-corrected chi connectivity index (χ4v) is 0.274. The highest BCUT2D eigenvalue weighted by Crippen LogP contribution is 2.09. The summed E-state index contributed by atoms with van der Waals surface area (Å²) in [6.45, 7) is 5.42. The molecule has 0 aromatic carbocycles. The molecule has 9 heavy (non-hydrogen) atoms. The molecule has 0 unspecified atom stereocenters. The van der Waals surface area contributed by atoms with Crippen molar-refractivity contribution in [1.82, 2.24) is 4.90 Å². The van der Waals surface area contributed by atoms with Crippen molar-refractivity contribution in [1.29, 1.82) is 0 Å². The Labute approximate surface area is 55.3 Å². The van der Waals surface area contributed by atoms with Gasteiger partial charge in [-0.05, 0) is 20.8 Å². The number of carbonyl (C=O) groups is 1. The minimum Gasteiger partial charge on any atom is -0.303 e. The highest BCUT2D eigenvalue weighted by Gasteiger charge is 2.22. The molecule has 0 aliphatic rings. The van der Waals surface area contributed by atoms with E-state index < -0.39 is 6.09 Å². The molecule has 1 amide bonds. The SMILES string of the molecule is CN(C([O])=O)C(C)(C)C. The Kier molecular flexibility index (Phi) is 2.07. The van der Waals surface area contributed by atoms with Gasteiger partial charge in [-0.15, -0.1) is 0 Å². The smallest absolute Gasteiger partial charge is 0.303 e. The summed E-state index contributed by atoms with van der Waals surface area (Å²) in [6, 6.07) is 0. The summed E-state index contributed by atoms with van der Waals surface area (Å²) in [6.07, 6.45) is -1.14. The molecule has 0 spiro atoms. The zero-order valence-electron chi connectivity index (χ0n) is 6.26. The molecule has 0 N–H and O–H groups in total. The van der Waals surface area contributed by atoms with Crippen molar-refractivity contribution < 1.29 is 9.90 Å². The maximum absolute atomic E-state index is 10.2. The summed E-state index contributed by atoms with van der Waals surface area (Å²) >= 11 is 0. The van der Waals surface area contributed by atoms with Crippen molar-refractivity contribution in [3.05, 3.63) is 0 Å². The van der Waals surface area contributed by atoms with Gasteiger partial charge in [0, 0.05) is 12.6 Å². The molecule has 0 aromatic heterocycles. The molecule has 0 aliphatic carbocycles. The molecular formula is C6H12NO2. The van der Waals surface area contributed by atoms with Gasteiger partial charge in [0.2, 0.25) is 0 Å². The maximum atomic E-state index is 10.2. The Morgan fingerprint density at radius 2 is 1.67 bits per heavy atom. The van der Waals surface area contributed by atoms with Crippen LogP contribution < -0.4 is 0 Å². The zero-order chi connectivity index (χ0) is 7.65. The van der Waals surface area contributed by atoms with Crippen LogP contribution in [-0.2, 0) is 5.11 Å². The van der Waals surface area contributed by atoms with Gasteiger partial charge in [-0.2, -0.15) is 0 Å². The molecule has 3 heteroatoms. The minimum absolute atomic E-state index is 0.348. The van der Waals surface area contributed by atoms with Gasteiger partial charge in [0.05, 0.1) is 0 Å². The van der Waals surface area contributed by atoms with Gasteiger partial charge < -0.3 is 4.90 Å². The molecule has 0 rings (SSSR count). The molecule has 0 saturated carbocycles. The second-order valence-corrected chi connectivity index (χ2v) is 3.00. The van der Waals surface area contributed by atoms with Crippen molar-refractivity contribution in [2.45, 2.75) is 26.3 Å². The van der Waals surface area contributed by atoms with Crippen LogP contribution in [0, 0.1) is 0 Å². The fraction of sp³-hybridized carbons (Fsp3) is 0.833. The van der Waals surface area contributed by atoms with E-state index in [0.717, 1.165) is 4.90 Å². The Balaban J connectivity index is 4.04. The summed E-state index contributed by atoms with van der Waals surface area (Å²) in [5.74, 6) is 0. The zero-order valence-corrected chi connectivity index (χ0v) is 6.26. The Morgan fingerprint density at radius 3 is 1.67 bits per heavy atom. The lowest BCUT2D eigenvalue weighted by Gasteiger charge is -2.27. The lowest BCUT2D eigenvalue weighted by atomic mass is 10.1. The first-order valence-electron chi connectivity index (χ1n) is 2.80. The molecule has 1 radical (unpaired) electrons. The summed E-state index contributed by atoms with van der Waals surface area (Å²) in [7, 11) is 1.50. The molecule has 0 heterocycles. The van der Waals surface area contributed by atoms with Gasteiger partial charge in [0.1, 0.15) is 0 Å². The van der Waals surface area contributed by atoms with Gasteiger partial charge in [-0.1, -0.05) is 0 Å². The standard InChI is InChI=1S/C6H12NO2/c1-6(2,3)7(4)5(8)9/h1-4H3. The molecule has 3 nitrogen and oxygen atoms in total. The van der Waals surface area contributed by atoms with Gasteiger partial charge >= 0.3 is 6.09 Å². The normalized spacial score (nSPS) is 11.1. The average Bonchev–Trinajstić information content (AvgIpc) is 1.62. The molecule has 0 bridgehead atoms. The van der Waals surface area contributed by atoms with Gasteiger partial charge in [0.15, 0.2) is 0 Å². The van der Waals surface area contributed by atoms with E-state index in [0.29, 0.717) is 0 Å². The van der Waals surface area contributed by atoms with E-state index >= 15 is 0 Å². The number of carbonyl (C=O) groups excluding carboxylic acids is 1. The van der Waals surface area contributed by atoms with Crippen LogP contribution in [-0.4, -0.2) is 23.6 Å². The number of rotatable bonds is 0. The molecule has 0 atom stereocenters. The molecule has 53 valence electrons.